The molecule has 0 amide bonds. The molecule has 0 spiro atoms. The number of aromatic nitrogens is 2. The molecule has 0 radical (unpaired) electrons. The van der Waals surface area contributed by atoms with Crippen molar-refractivity contribution >= 4 is 11.0 Å². The van der Waals surface area contributed by atoms with Gasteiger partial charge in [0, 0.05) is 18.6 Å². The molecule has 1 aliphatic rings. The Labute approximate surface area is 108 Å². The van der Waals surface area contributed by atoms with Gasteiger partial charge in [-0.25, -0.2) is 4.98 Å². The molecule has 19 heavy (non-hydrogen) atoms. The van der Waals surface area contributed by atoms with Crippen molar-refractivity contribution < 1.29 is 25.2 Å². The third-order valence-corrected chi connectivity index (χ3v) is 3.37. The van der Waals surface area contributed by atoms with Gasteiger partial charge >= 0.3 is 0 Å². The maximum absolute atomic E-state index is 9.72. The van der Waals surface area contributed by atoms with Crippen molar-refractivity contribution in [2.75, 3.05) is 6.61 Å². The average molecular weight is 266 g/mol. The second-order valence-corrected chi connectivity index (χ2v) is 4.60. The lowest BCUT2D eigenvalue weighted by molar-refractivity contribution is -0.0430. The molecule has 1 aliphatic heterocycles. The number of benzene rings is 1. The van der Waals surface area contributed by atoms with E-state index in [-0.39, 0.29) is 18.1 Å². The zero-order valence-electron chi connectivity index (χ0n) is 9.97. The maximum atomic E-state index is 9.72. The molecule has 2 heterocycles. The summed E-state index contributed by atoms with van der Waals surface area (Å²) in [5.41, 5.74) is 1.10. The molecular formula is C12H14N2O5. The normalized spacial score (nSPS) is 27.2. The number of aliphatic hydroxyl groups excluding tert-OH is 2. The summed E-state index contributed by atoms with van der Waals surface area (Å²) in [6, 6.07) is 2.75. The molecule has 1 fully saturated rings. The molecular weight excluding hydrogens is 252 g/mol. The Hall–Kier alpha value is -1.83. The predicted octanol–water partition coefficient (Wildman–Crippen LogP) is 0.0882. The number of phenolic OH excluding ortho intramolecular Hbond substituents is 2. The second kappa shape index (κ2) is 4.37. The first kappa shape index (κ1) is 12.2. The average Bonchev–Trinajstić information content (AvgIpc) is 2.93. The number of phenols is 2. The van der Waals surface area contributed by atoms with Gasteiger partial charge in [0.05, 0.1) is 30.1 Å². The molecule has 1 aromatic carbocycles. The summed E-state index contributed by atoms with van der Waals surface area (Å²) in [5.74, 6) is -0.482. The van der Waals surface area contributed by atoms with Crippen molar-refractivity contribution in [2.24, 2.45) is 0 Å². The lowest BCUT2D eigenvalue weighted by Crippen LogP contribution is -2.24. The highest BCUT2D eigenvalue weighted by atomic mass is 16.5. The van der Waals surface area contributed by atoms with Crippen LogP contribution in [0.25, 0.3) is 11.0 Å². The van der Waals surface area contributed by atoms with Crippen LogP contribution in [-0.2, 0) is 4.74 Å². The van der Waals surface area contributed by atoms with Crippen molar-refractivity contribution in [2.45, 2.75) is 24.9 Å². The van der Waals surface area contributed by atoms with Crippen molar-refractivity contribution in [1.29, 1.82) is 0 Å². The van der Waals surface area contributed by atoms with Crippen molar-refractivity contribution in [1.82, 2.24) is 9.55 Å². The van der Waals surface area contributed by atoms with Crippen LogP contribution in [0.15, 0.2) is 18.5 Å². The lowest BCUT2D eigenvalue weighted by Gasteiger charge is -2.14. The first-order chi connectivity index (χ1) is 9.10. The van der Waals surface area contributed by atoms with E-state index in [1.54, 1.807) is 4.57 Å². The number of rotatable bonds is 2. The quantitative estimate of drug-likeness (QED) is 0.574. The van der Waals surface area contributed by atoms with Crippen LogP contribution in [0.3, 0.4) is 0 Å². The van der Waals surface area contributed by atoms with Crippen LogP contribution in [0.1, 0.15) is 12.6 Å². The van der Waals surface area contributed by atoms with Gasteiger partial charge in [0.25, 0.3) is 0 Å². The maximum Gasteiger partial charge on any atom is 0.159 e. The fraction of sp³-hybridized carbons (Fsp3) is 0.417. The highest BCUT2D eigenvalue weighted by Gasteiger charge is 2.35. The Morgan fingerprint density at radius 3 is 2.74 bits per heavy atom. The number of hydrogen-bond acceptors (Lipinski definition) is 6. The molecule has 1 saturated heterocycles. The van der Waals surface area contributed by atoms with E-state index >= 15 is 0 Å². The van der Waals surface area contributed by atoms with Gasteiger partial charge in [0.2, 0.25) is 0 Å². The van der Waals surface area contributed by atoms with Crippen LogP contribution in [0, 0.1) is 0 Å². The van der Waals surface area contributed by atoms with Crippen LogP contribution < -0.4 is 0 Å². The SMILES string of the molecule is OCC1OC(n2cnc3cc(O)c(O)cc32)CC1O. The minimum absolute atomic E-state index is 0.238. The summed E-state index contributed by atoms with van der Waals surface area (Å²) in [6.07, 6.45) is 0.0337. The summed E-state index contributed by atoms with van der Waals surface area (Å²) in [4.78, 5) is 4.11. The van der Waals surface area contributed by atoms with Crippen LogP contribution in [-0.4, -0.2) is 48.8 Å². The molecule has 0 bridgehead atoms. The molecule has 7 nitrogen and oxygen atoms in total. The Morgan fingerprint density at radius 2 is 2.05 bits per heavy atom. The molecule has 1 aromatic heterocycles. The monoisotopic (exact) mass is 266 g/mol. The van der Waals surface area contributed by atoms with E-state index in [9.17, 15) is 15.3 Å². The van der Waals surface area contributed by atoms with Gasteiger partial charge in [0.15, 0.2) is 11.5 Å². The second-order valence-electron chi connectivity index (χ2n) is 4.60. The van der Waals surface area contributed by atoms with E-state index in [4.69, 9.17) is 9.84 Å². The highest BCUT2D eigenvalue weighted by Crippen LogP contribution is 2.34. The molecule has 4 N–H and O–H groups in total. The number of nitrogens with zero attached hydrogens (tertiary/aromatic N) is 2. The number of ether oxygens (including phenoxy) is 1. The van der Waals surface area contributed by atoms with Gasteiger partial charge in [-0.15, -0.1) is 0 Å². The van der Waals surface area contributed by atoms with E-state index < -0.39 is 18.4 Å². The van der Waals surface area contributed by atoms with Crippen LogP contribution in [0.4, 0.5) is 0 Å². The number of aliphatic hydroxyl groups is 2. The topological polar surface area (TPSA) is 108 Å². The molecule has 0 saturated carbocycles. The molecule has 2 aromatic rings. The molecule has 0 aliphatic carbocycles. The van der Waals surface area contributed by atoms with Crippen LogP contribution in [0.5, 0.6) is 11.5 Å². The van der Waals surface area contributed by atoms with E-state index in [0.29, 0.717) is 17.5 Å². The first-order valence-corrected chi connectivity index (χ1v) is 5.93. The minimum Gasteiger partial charge on any atom is -0.504 e. The standard InChI is InChI=1S/C12H14N2O5/c15-4-11-10(18)3-12(19-11)14-5-13-6-1-8(16)9(17)2-7(6)14/h1-2,5,10-12,15-18H,3-4H2. The molecule has 102 valence electrons. The Kier molecular flexibility index (Phi) is 2.81. The Morgan fingerprint density at radius 1 is 1.32 bits per heavy atom. The number of hydrogen-bond donors (Lipinski definition) is 4. The third-order valence-electron chi connectivity index (χ3n) is 3.37. The third kappa shape index (κ3) is 1.92. The van der Waals surface area contributed by atoms with Gasteiger partial charge < -0.3 is 29.7 Å². The predicted molar refractivity (Wildman–Crippen MR) is 64.7 cm³/mol. The zero-order valence-corrected chi connectivity index (χ0v) is 9.97. The summed E-state index contributed by atoms with van der Waals surface area (Å²) in [5, 5.41) is 37.7. The van der Waals surface area contributed by atoms with E-state index in [1.807, 2.05) is 0 Å². The van der Waals surface area contributed by atoms with Crippen molar-refractivity contribution in [3.63, 3.8) is 0 Å². The summed E-state index contributed by atoms with van der Waals surface area (Å²) < 4.78 is 7.18. The molecule has 7 heteroatoms. The fourth-order valence-electron chi connectivity index (χ4n) is 2.33. The largest absolute Gasteiger partial charge is 0.504 e. The summed E-state index contributed by atoms with van der Waals surface area (Å²) in [7, 11) is 0. The molecule has 3 atom stereocenters. The smallest absolute Gasteiger partial charge is 0.159 e. The van der Waals surface area contributed by atoms with E-state index in [1.165, 1.54) is 18.5 Å². The molecule has 3 unspecified atom stereocenters. The van der Waals surface area contributed by atoms with Gasteiger partial charge in [-0.2, -0.15) is 0 Å². The van der Waals surface area contributed by atoms with Crippen molar-refractivity contribution in [3.8, 4) is 11.5 Å². The van der Waals surface area contributed by atoms with Gasteiger partial charge in [-0.05, 0) is 0 Å². The lowest BCUT2D eigenvalue weighted by atomic mass is 10.2. The van der Waals surface area contributed by atoms with Crippen LogP contribution in [0.2, 0.25) is 0 Å². The van der Waals surface area contributed by atoms with E-state index in [2.05, 4.69) is 4.98 Å². The number of fused-ring (bicyclic) bond motifs is 1. The van der Waals surface area contributed by atoms with E-state index in [0.717, 1.165) is 0 Å². The van der Waals surface area contributed by atoms with Gasteiger partial charge in [-0.3, -0.25) is 0 Å². The highest BCUT2D eigenvalue weighted by molar-refractivity contribution is 5.79. The fourth-order valence-corrected chi connectivity index (χ4v) is 2.33. The summed E-state index contributed by atoms with van der Waals surface area (Å²) >= 11 is 0. The Bertz CT molecular complexity index is 611. The van der Waals surface area contributed by atoms with Gasteiger partial charge in [0.1, 0.15) is 12.3 Å². The Balaban J connectivity index is 2.00. The zero-order chi connectivity index (χ0) is 13.6. The summed E-state index contributed by atoms with van der Waals surface area (Å²) in [6.45, 7) is -0.254. The number of aromatic hydroxyl groups is 2. The van der Waals surface area contributed by atoms with Gasteiger partial charge in [-0.1, -0.05) is 0 Å². The first-order valence-electron chi connectivity index (χ1n) is 5.93. The van der Waals surface area contributed by atoms with Crippen LogP contribution >= 0.6 is 0 Å². The molecule has 3 rings (SSSR count). The minimum atomic E-state index is -0.738. The number of imidazole rings is 1. The van der Waals surface area contributed by atoms with Crippen molar-refractivity contribution in [3.05, 3.63) is 18.5 Å².